The minimum atomic E-state index is -0.165. The van der Waals surface area contributed by atoms with Crippen LogP contribution in [0.15, 0.2) is 47.1 Å². The quantitative estimate of drug-likeness (QED) is 0.572. The second kappa shape index (κ2) is 8.35. The summed E-state index contributed by atoms with van der Waals surface area (Å²) in [5, 5.41) is 0.473. The summed E-state index contributed by atoms with van der Waals surface area (Å²) in [6.45, 7) is 3.58. The molecule has 28 heavy (non-hydrogen) atoms. The Hall–Kier alpha value is -2.99. The summed E-state index contributed by atoms with van der Waals surface area (Å²) < 4.78 is 5.33. The van der Waals surface area contributed by atoms with Gasteiger partial charge in [-0.25, -0.2) is 4.98 Å². The Labute approximate surface area is 168 Å². The number of benzene rings is 1. The van der Waals surface area contributed by atoms with Crippen molar-refractivity contribution in [1.29, 1.82) is 0 Å². The molecule has 0 atom stereocenters. The zero-order valence-electron chi connectivity index (χ0n) is 15.9. The number of carbonyl (C=O) groups is 2. The lowest BCUT2D eigenvalue weighted by molar-refractivity contribution is -0.118. The molecule has 2 aromatic heterocycles. The molecular formula is C21H20ClN3O3. The van der Waals surface area contributed by atoms with Crippen molar-refractivity contribution in [1.82, 2.24) is 9.97 Å². The zero-order chi connectivity index (χ0) is 20.3. The number of ketones is 1. The van der Waals surface area contributed by atoms with Crippen LogP contribution >= 0.6 is 11.6 Å². The molecule has 0 saturated heterocycles. The Kier molecular flexibility index (Phi) is 5.90. The third-order valence-corrected chi connectivity index (χ3v) is 4.65. The molecule has 0 saturated carbocycles. The average Bonchev–Trinajstić information content (AvgIpc) is 3.11. The molecule has 0 aliphatic heterocycles. The van der Waals surface area contributed by atoms with Crippen molar-refractivity contribution in [3.63, 3.8) is 0 Å². The molecule has 0 bridgehead atoms. The summed E-state index contributed by atoms with van der Waals surface area (Å²) in [7, 11) is 1.70. The average molecular weight is 398 g/mol. The first kappa shape index (κ1) is 19.8. The highest BCUT2D eigenvalue weighted by atomic mass is 35.5. The molecule has 0 unspecified atom stereocenters. The van der Waals surface area contributed by atoms with Crippen LogP contribution in [0.25, 0.3) is 11.1 Å². The van der Waals surface area contributed by atoms with E-state index in [9.17, 15) is 9.59 Å². The molecule has 3 aromatic rings. The monoisotopic (exact) mass is 397 g/mol. The lowest BCUT2D eigenvalue weighted by Gasteiger charge is -2.18. The van der Waals surface area contributed by atoms with Crippen LogP contribution in [0.5, 0.6) is 0 Å². The van der Waals surface area contributed by atoms with E-state index in [1.165, 1.54) is 4.90 Å². The van der Waals surface area contributed by atoms with Crippen molar-refractivity contribution in [3.8, 4) is 11.1 Å². The van der Waals surface area contributed by atoms with E-state index in [4.69, 9.17) is 16.0 Å². The van der Waals surface area contributed by atoms with E-state index in [1.807, 2.05) is 12.1 Å². The Morgan fingerprint density at radius 3 is 2.43 bits per heavy atom. The number of halogens is 1. The molecule has 0 aliphatic carbocycles. The molecule has 144 valence electrons. The Morgan fingerprint density at radius 1 is 1.11 bits per heavy atom. The topological polar surface area (TPSA) is 76.3 Å². The first-order chi connectivity index (χ1) is 13.4. The summed E-state index contributed by atoms with van der Waals surface area (Å²) >= 11 is 6.36. The second-order valence-electron chi connectivity index (χ2n) is 6.37. The second-order valence-corrected chi connectivity index (χ2v) is 6.78. The van der Waals surface area contributed by atoms with Gasteiger partial charge < -0.3 is 9.32 Å². The minimum absolute atomic E-state index is 0.0135. The van der Waals surface area contributed by atoms with Gasteiger partial charge in [0.05, 0.1) is 23.3 Å². The van der Waals surface area contributed by atoms with E-state index < -0.39 is 0 Å². The Morgan fingerprint density at radius 2 is 1.86 bits per heavy atom. The van der Waals surface area contributed by atoms with Gasteiger partial charge in [-0.2, -0.15) is 0 Å². The highest BCUT2D eigenvalue weighted by Gasteiger charge is 2.15. The van der Waals surface area contributed by atoms with E-state index >= 15 is 0 Å². The van der Waals surface area contributed by atoms with Crippen LogP contribution in [0.3, 0.4) is 0 Å². The minimum Gasteiger partial charge on any atom is -0.446 e. The number of aryl methyl sites for hydroxylation is 1. The number of oxazole rings is 1. The third-order valence-electron chi connectivity index (χ3n) is 4.35. The predicted octanol–water partition coefficient (Wildman–Crippen LogP) is 4.50. The number of Topliss-reactive ketones (excluding diaryl/α,β-unsaturated/α-hetero) is 1. The smallest absolute Gasteiger partial charge is 0.226 e. The van der Waals surface area contributed by atoms with E-state index in [-0.39, 0.29) is 18.1 Å². The summed E-state index contributed by atoms with van der Waals surface area (Å²) in [6.07, 6.45) is 3.68. The highest BCUT2D eigenvalue weighted by Crippen LogP contribution is 2.31. The van der Waals surface area contributed by atoms with Gasteiger partial charge in [-0.1, -0.05) is 30.7 Å². The van der Waals surface area contributed by atoms with Gasteiger partial charge >= 0.3 is 0 Å². The SMILES string of the molecule is CCC(=O)N(C)c1ccc(-c2ccc(C(=O)Cc3ncc(C)o3)nc2)cc1Cl. The maximum Gasteiger partial charge on any atom is 0.226 e. The molecule has 3 rings (SSSR count). The van der Waals surface area contributed by atoms with E-state index in [1.54, 1.807) is 51.5 Å². The highest BCUT2D eigenvalue weighted by molar-refractivity contribution is 6.34. The van der Waals surface area contributed by atoms with Crippen LogP contribution < -0.4 is 4.90 Å². The van der Waals surface area contributed by atoms with Crippen LogP contribution in [0.4, 0.5) is 5.69 Å². The number of pyridine rings is 1. The fraction of sp³-hybridized carbons (Fsp3) is 0.238. The molecule has 7 heteroatoms. The van der Waals surface area contributed by atoms with Gasteiger partial charge in [0, 0.05) is 25.2 Å². The maximum absolute atomic E-state index is 12.3. The molecule has 2 heterocycles. The van der Waals surface area contributed by atoms with Crippen molar-refractivity contribution in [2.75, 3.05) is 11.9 Å². The van der Waals surface area contributed by atoms with Crippen molar-refractivity contribution < 1.29 is 14.0 Å². The molecule has 1 aromatic carbocycles. The third kappa shape index (κ3) is 4.28. The summed E-state index contributed by atoms with van der Waals surface area (Å²) in [5.41, 5.74) is 2.66. The van der Waals surface area contributed by atoms with Crippen LogP contribution in [0.1, 0.15) is 35.5 Å². The number of hydrogen-bond donors (Lipinski definition) is 0. The van der Waals surface area contributed by atoms with Gasteiger partial charge in [0.25, 0.3) is 0 Å². The van der Waals surface area contributed by atoms with Crippen LogP contribution in [-0.4, -0.2) is 28.7 Å². The van der Waals surface area contributed by atoms with Crippen LogP contribution in [-0.2, 0) is 11.2 Å². The largest absolute Gasteiger partial charge is 0.446 e. The van der Waals surface area contributed by atoms with E-state index in [0.717, 1.165) is 11.1 Å². The summed E-state index contributed by atoms with van der Waals surface area (Å²) in [5.74, 6) is 0.862. The number of carbonyl (C=O) groups excluding carboxylic acids is 2. The predicted molar refractivity (Wildman–Crippen MR) is 108 cm³/mol. The molecule has 1 amide bonds. The molecular weight excluding hydrogens is 378 g/mol. The lowest BCUT2D eigenvalue weighted by Crippen LogP contribution is -2.25. The van der Waals surface area contributed by atoms with Gasteiger partial charge in [-0.05, 0) is 30.7 Å². The summed E-state index contributed by atoms with van der Waals surface area (Å²) in [6, 6.07) is 8.93. The van der Waals surface area contributed by atoms with Gasteiger partial charge in [-0.3, -0.25) is 14.6 Å². The van der Waals surface area contributed by atoms with Crippen molar-refractivity contribution in [3.05, 3.63) is 65.1 Å². The lowest BCUT2D eigenvalue weighted by atomic mass is 10.1. The molecule has 0 aliphatic rings. The fourth-order valence-electron chi connectivity index (χ4n) is 2.77. The number of aromatic nitrogens is 2. The Bertz CT molecular complexity index is 1010. The van der Waals surface area contributed by atoms with Crippen LogP contribution in [0.2, 0.25) is 5.02 Å². The first-order valence-corrected chi connectivity index (χ1v) is 9.24. The number of amides is 1. The number of rotatable bonds is 6. The molecule has 0 fully saturated rings. The van der Waals surface area contributed by atoms with Crippen molar-refractivity contribution >= 4 is 29.0 Å². The van der Waals surface area contributed by atoms with E-state index in [2.05, 4.69) is 9.97 Å². The molecule has 0 N–H and O–H groups in total. The fourth-order valence-corrected chi connectivity index (χ4v) is 3.08. The van der Waals surface area contributed by atoms with Gasteiger partial charge in [0.2, 0.25) is 11.8 Å². The number of hydrogen-bond acceptors (Lipinski definition) is 5. The van der Waals surface area contributed by atoms with E-state index in [0.29, 0.717) is 34.5 Å². The normalized spacial score (nSPS) is 10.7. The number of anilines is 1. The van der Waals surface area contributed by atoms with Gasteiger partial charge in [0.1, 0.15) is 11.5 Å². The van der Waals surface area contributed by atoms with Crippen LogP contribution in [0, 0.1) is 6.92 Å². The molecule has 0 radical (unpaired) electrons. The Balaban J connectivity index is 1.77. The molecule has 6 nitrogen and oxygen atoms in total. The molecule has 0 spiro atoms. The number of nitrogens with zero attached hydrogens (tertiary/aromatic N) is 3. The zero-order valence-corrected chi connectivity index (χ0v) is 16.7. The van der Waals surface area contributed by atoms with Crippen molar-refractivity contribution in [2.45, 2.75) is 26.7 Å². The summed E-state index contributed by atoms with van der Waals surface area (Å²) in [4.78, 5) is 34.0. The van der Waals surface area contributed by atoms with Gasteiger partial charge in [0.15, 0.2) is 5.78 Å². The first-order valence-electron chi connectivity index (χ1n) is 8.86. The standard InChI is InChI=1S/C21H20ClN3O3/c1-4-21(27)25(3)18-8-6-14(9-16(18)22)15-5-7-17(23-12-15)19(26)10-20-24-11-13(2)28-20/h5-9,11-12H,4,10H2,1-3H3. The maximum atomic E-state index is 12.3. The van der Waals surface area contributed by atoms with Crippen molar-refractivity contribution in [2.24, 2.45) is 0 Å². The van der Waals surface area contributed by atoms with Gasteiger partial charge in [-0.15, -0.1) is 0 Å².